The molecule has 1 fully saturated rings. The number of rotatable bonds is 1. The van der Waals surface area contributed by atoms with Crippen molar-refractivity contribution in [1.29, 1.82) is 0 Å². The fourth-order valence-electron chi connectivity index (χ4n) is 1.34. The largest absolute Gasteiger partial charge is 0.318 e. The zero-order valence-corrected chi connectivity index (χ0v) is 7.21. The SMILES string of the molecule is NC1CN(c2ccc(F)c(F)c2)C1=O. The van der Waals surface area contributed by atoms with Crippen LogP contribution >= 0.6 is 0 Å². The molecule has 5 heteroatoms. The van der Waals surface area contributed by atoms with Crippen molar-refractivity contribution in [1.82, 2.24) is 0 Å². The molecule has 2 rings (SSSR count). The summed E-state index contributed by atoms with van der Waals surface area (Å²) >= 11 is 0. The average molecular weight is 198 g/mol. The number of nitrogens with zero attached hydrogens (tertiary/aromatic N) is 1. The number of benzene rings is 1. The number of halogens is 2. The molecule has 1 heterocycles. The molecule has 2 N–H and O–H groups in total. The standard InChI is InChI=1S/C9H8F2N2O/c10-6-2-1-5(3-7(6)11)13-4-8(12)9(13)14/h1-3,8H,4,12H2. The Hall–Kier alpha value is -1.49. The fourth-order valence-corrected chi connectivity index (χ4v) is 1.34. The predicted octanol–water partition coefficient (Wildman–Crippen LogP) is 0.639. The molecule has 1 aromatic rings. The van der Waals surface area contributed by atoms with Crippen LogP contribution in [-0.2, 0) is 4.79 Å². The molecule has 14 heavy (non-hydrogen) atoms. The van der Waals surface area contributed by atoms with Crippen molar-refractivity contribution in [2.45, 2.75) is 6.04 Å². The number of carbonyl (C=O) groups is 1. The van der Waals surface area contributed by atoms with Crippen LogP contribution in [0.25, 0.3) is 0 Å². The number of anilines is 1. The highest BCUT2D eigenvalue weighted by Crippen LogP contribution is 2.22. The van der Waals surface area contributed by atoms with Crippen molar-refractivity contribution in [3.63, 3.8) is 0 Å². The van der Waals surface area contributed by atoms with Crippen LogP contribution < -0.4 is 10.6 Å². The molecule has 0 saturated carbocycles. The second kappa shape index (κ2) is 3.02. The monoisotopic (exact) mass is 198 g/mol. The maximum absolute atomic E-state index is 12.8. The van der Waals surface area contributed by atoms with Crippen molar-refractivity contribution in [2.24, 2.45) is 5.73 Å². The van der Waals surface area contributed by atoms with Crippen molar-refractivity contribution >= 4 is 11.6 Å². The molecule has 0 bridgehead atoms. The number of carbonyl (C=O) groups excluding carboxylic acids is 1. The molecule has 1 amide bonds. The molecular formula is C9H8F2N2O. The molecule has 1 aliphatic rings. The summed E-state index contributed by atoms with van der Waals surface area (Å²) in [6.45, 7) is 0.351. The minimum atomic E-state index is -0.962. The van der Waals surface area contributed by atoms with Crippen LogP contribution in [0.4, 0.5) is 14.5 Å². The molecular weight excluding hydrogens is 190 g/mol. The van der Waals surface area contributed by atoms with E-state index >= 15 is 0 Å². The van der Waals surface area contributed by atoms with Crippen LogP contribution in [0.1, 0.15) is 0 Å². The molecule has 1 saturated heterocycles. The minimum Gasteiger partial charge on any atom is -0.318 e. The number of hydrogen-bond acceptors (Lipinski definition) is 2. The zero-order chi connectivity index (χ0) is 10.3. The summed E-state index contributed by atoms with van der Waals surface area (Å²) in [5, 5.41) is 0. The van der Waals surface area contributed by atoms with E-state index in [9.17, 15) is 13.6 Å². The van der Waals surface area contributed by atoms with Gasteiger partial charge in [0.1, 0.15) is 6.04 Å². The molecule has 0 aliphatic carbocycles. The summed E-state index contributed by atoms with van der Waals surface area (Å²) in [5.41, 5.74) is 5.70. The summed E-state index contributed by atoms with van der Waals surface area (Å²) in [6.07, 6.45) is 0. The van der Waals surface area contributed by atoms with E-state index in [2.05, 4.69) is 0 Å². The van der Waals surface area contributed by atoms with Crippen LogP contribution in [0.15, 0.2) is 18.2 Å². The van der Waals surface area contributed by atoms with Crippen LogP contribution in [0.5, 0.6) is 0 Å². The number of β-lactam (4-membered cyclic amide) rings is 1. The van der Waals surface area contributed by atoms with Gasteiger partial charge in [0, 0.05) is 11.8 Å². The first-order valence-electron chi connectivity index (χ1n) is 4.11. The summed E-state index contributed by atoms with van der Waals surface area (Å²) in [7, 11) is 0. The van der Waals surface area contributed by atoms with Gasteiger partial charge in [-0.1, -0.05) is 0 Å². The Balaban J connectivity index is 2.26. The molecule has 74 valence electrons. The molecule has 0 radical (unpaired) electrons. The Morgan fingerprint density at radius 3 is 2.57 bits per heavy atom. The van der Waals surface area contributed by atoms with E-state index < -0.39 is 17.7 Å². The Bertz CT molecular complexity index is 394. The first kappa shape index (κ1) is 9.08. The zero-order valence-electron chi connectivity index (χ0n) is 7.21. The maximum Gasteiger partial charge on any atom is 0.245 e. The van der Waals surface area contributed by atoms with Gasteiger partial charge in [-0.05, 0) is 12.1 Å². The third-order valence-electron chi connectivity index (χ3n) is 2.18. The van der Waals surface area contributed by atoms with E-state index in [0.717, 1.165) is 12.1 Å². The molecule has 1 aromatic carbocycles. The normalized spacial score (nSPS) is 20.9. The van der Waals surface area contributed by atoms with Gasteiger partial charge in [0.25, 0.3) is 0 Å². The lowest BCUT2D eigenvalue weighted by Gasteiger charge is -2.36. The molecule has 1 atom stereocenters. The molecule has 0 aromatic heterocycles. The van der Waals surface area contributed by atoms with Gasteiger partial charge >= 0.3 is 0 Å². The number of amides is 1. The van der Waals surface area contributed by atoms with Crippen molar-refractivity contribution in [3.05, 3.63) is 29.8 Å². The minimum absolute atomic E-state index is 0.268. The van der Waals surface area contributed by atoms with Crippen LogP contribution in [0, 0.1) is 11.6 Å². The van der Waals surface area contributed by atoms with Gasteiger partial charge in [-0.3, -0.25) is 4.79 Å². The highest BCUT2D eigenvalue weighted by atomic mass is 19.2. The smallest absolute Gasteiger partial charge is 0.245 e. The van der Waals surface area contributed by atoms with E-state index in [1.807, 2.05) is 0 Å². The highest BCUT2D eigenvalue weighted by Gasteiger charge is 2.34. The van der Waals surface area contributed by atoms with E-state index in [1.54, 1.807) is 0 Å². The molecule has 3 nitrogen and oxygen atoms in total. The van der Waals surface area contributed by atoms with Gasteiger partial charge < -0.3 is 10.6 Å². The third kappa shape index (κ3) is 1.26. The van der Waals surface area contributed by atoms with E-state index in [-0.39, 0.29) is 5.91 Å². The lowest BCUT2D eigenvalue weighted by Crippen LogP contribution is -2.61. The third-order valence-corrected chi connectivity index (χ3v) is 2.18. The summed E-state index contributed by atoms with van der Waals surface area (Å²) in [6, 6.07) is 2.81. The maximum atomic E-state index is 12.8. The fraction of sp³-hybridized carbons (Fsp3) is 0.222. The Morgan fingerprint density at radius 2 is 2.07 bits per heavy atom. The first-order chi connectivity index (χ1) is 6.59. The summed E-state index contributed by atoms with van der Waals surface area (Å²) in [4.78, 5) is 12.5. The van der Waals surface area contributed by atoms with Crippen molar-refractivity contribution < 1.29 is 13.6 Å². The topological polar surface area (TPSA) is 46.3 Å². The van der Waals surface area contributed by atoms with Gasteiger partial charge in [-0.25, -0.2) is 8.78 Å². The summed E-state index contributed by atoms with van der Waals surface area (Å²) < 4.78 is 25.3. The van der Waals surface area contributed by atoms with Gasteiger partial charge in [0.2, 0.25) is 5.91 Å². The van der Waals surface area contributed by atoms with Crippen molar-refractivity contribution in [2.75, 3.05) is 11.4 Å². The Labute approximate surface area is 79.1 Å². The Morgan fingerprint density at radius 1 is 1.36 bits per heavy atom. The number of nitrogens with two attached hydrogens (primary N) is 1. The van der Waals surface area contributed by atoms with E-state index in [1.165, 1.54) is 11.0 Å². The Kier molecular flexibility index (Phi) is 1.96. The lowest BCUT2D eigenvalue weighted by molar-refractivity contribution is -0.123. The summed E-state index contributed by atoms with van der Waals surface area (Å²) in [5.74, 6) is -2.15. The highest BCUT2D eigenvalue weighted by molar-refractivity contribution is 6.03. The molecule has 0 spiro atoms. The molecule has 1 unspecified atom stereocenters. The quantitative estimate of drug-likeness (QED) is 0.673. The second-order valence-corrected chi connectivity index (χ2v) is 3.15. The van der Waals surface area contributed by atoms with Crippen LogP contribution in [0.3, 0.4) is 0 Å². The van der Waals surface area contributed by atoms with Gasteiger partial charge in [0.15, 0.2) is 11.6 Å². The average Bonchev–Trinajstić information content (AvgIpc) is 2.18. The van der Waals surface area contributed by atoms with Gasteiger partial charge in [-0.2, -0.15) is 0 Å². The lowest BCUT2D eigenvalue weighted by atomic mass is 10.1. The molecule has 1 aliphatic heterocycles. The van der Waals surface area contributed by atoms with Crippen LogP contribution in [-0.4, -0.2) is 18.5 Å². The number of hydrogen-bond donors (Lipinski definition) is 1. The van der Waals surface area contributed by atoms with E-state index in [4.69, 9.17) is 5.73 Å². The van der Waals surface area contributed by atoms with Crippen molar-refractivity contribution in [3.8, 4) is 0 Å². The predicted molar refractivity (Wildman–Crippen MR) is 46.7 cm³/mol. The van der Waals surface area contributed by atoms with Gasteiger partial charge in [0.05, 0.1) is 6.54 Å². The van der Waals surface area contributed by atoms with Crippen LogP contribution in [0.2, 0.25) is 0 Å². The van der Waals surface area contributed by atoms with Gasteiger partial charge in [-0.15, -0.1) is 0 Å². The van der Waals surface area contributed by atoms with E-state index in [0.29, 0.717) is 12.2 Å². The first-order valence-corrected chi connectivity index (χ1v) is 4.11. The second-order valence-electron chi connectivity index (χ2n) is 3.15.